The van der Waals surface area contributed by atoms with Gasteiger partial charge < -0.3 is 9.84 Å². The van der Waals surface area contributed by atoms with Crippen molar-refractivity contribution in [1.29, 1.82) is 0 Å². The van der Waals surface area contributed by atoms with Crippen LogP contribution in [0.15, 0.2) is 44.7 Å². The monoisotopic (exact) mass is 312 g/mol. The van der Waals surface area contributed by atoms with Crippen LogP contribution in [0.2, 0.25) is 0 Å². The van der Waals surface area contributed by atoms with Crippen LogP contribution in [-0.4, -0.2) is 22.8 Å². The fourth-order valence-corrected chi connectivity index (χ4v) is 2.14. The van der Waals surface area contributed by atoms with Crippen molar-refractivity contribution in [2.24, 2.45) is 0 Å². The fraction of sp³-hybridized carbons (Fsp3) is 0.231. The molecule has 0 fully saturated rings. The molecule has 1 N–H and O–H groups in total. The van der Waals surface area contributed by atoms with Gasteiger partial charge in [0.1, 0.15) is 12.5 Å². The minimum absolute atomic E-state index is 0.0731. The lowest BCUT2D eigenvalue weighted by Gasteiger charge is -2.01. The normalized spacial score (nSPS) is 10.5. The molecule has 106 valence electrons. The zero-order chi connectivity index (χ0) is 14.5. The van der Waals surface area contributed by atoms with Crippen LogP contribution in [0.25, 0.3) is 11.1 Å². The molecule has 1 aromatic heterocycles. The number of nitrogens with zero attached hydrogens (tertiary/aromatic N) is 1. The third-order valence-electron chi connectivity index (χ3n) is 2.65. The number of rotatable bonds is 5. The Hall–Kier alpha value is -1.66. The van der Waals surface area contributed by atoms with Gasteiger partial charge in [0.05, 0.1) is 11.8 Å². The van der Waals surface area contributed by atoms with Crippen LogP contribution < -0.4 is 10.9 Å². The van der Waals surface area contributed by atoms with Crippen LogP contribution in [0.3, 0.4) is 0 Å². The van der Waals surface area contributed by atoms with Crippen LogP contribution in [0, 0.1) is 0 Å². The molecule has 0 aliphatic heterocycles. The Balaban J connectivity index is 2.18. The summed E-state index contributed by atoms with van der Waals surface area (Å²) in [6, 6.07) is 7.59. The smallest absolute Gasteiger partial charge is 0.335 e. The third-order valence-corrected chi connectivity index (χ3v) is 3.63. The number of halogens is 1. The number of alkyl halides is 1. The van der Waals surface area contributed by atoms with E-state index in [9.17, 15) is 9.59 Å². The van der Waals surface area contributed by atoms with Gasteiger partial charge >= 0.3 is 5.63 Å². The van der Waals surface area contributed by atoms with Crippen molar-refractivity contribution < 1.29 is 9.32 Å². The minimum atomic E-state index is -0.443. The van der Waals surface area contributed by atoms with E-state index in [0.717, 1.165) is 10.5 Å². The molecule has 1 heterocycles. The molecule has 0 atom stereocenters. The Kier molecular flexibility index (Phi) is 4.92. The molecule has 7 heteroatoms. The third kappa shape index (κ3) is 3.46. The molecule has 20 heavy (non-hydrogen) atoms. The molecule has 0 aliphatic carbocycles. The topological polar surface area (TPSA) is 64.2 Å². The molecule has 1 amide bonds. The van der Waals surface area contributed by atoms with E-state index in [4.69, 9.17) is 16.1 Å². The lowest BCUT2D eigenvalue weighted by molar-refractivity contribution is -0.119. The summed E-state index contributed by atoms with van der Waals surface area (Å²) < 4.78 is 6.29. The Morgan fingerprint density at radius 2 is 2.10 bits per heavy atom. The van der Waals surface area contributed by atoms with Crippen molar-refractivity contribution in [3.63, 3.8) is 0 Å². The SMILES string of the molecule is CSc1ccc(-c2cn(CNC(=O)CCl)oc2=O)cc1. The molecule has 0 spiro atoms. The molecule has 0 aliphatic rings. The Morgan fingerprint density at radius 3 is 2.70 bits per heavy atom. The van der Waals surface area contributed by atoms with Crippen molar-refractivity contribution in [1.82, 2.24) is 10.1 Å². The van der Waals surface area contributed by atoms with E-state index in [-0.39, 0.29) is 18.5 Å². The Morgan fingerprint density at radius 1 is 1.40 bits per heavy atom. The number of hydrogen-bond donors (Lipinski definition) is 1. The van der Waals surface area contributed by atoms with Gasteiger partial charge in [-0.05, 0) is 24.0 Å². The molecule has 5 nitrogen and oxygen atoms in total. The van der Waals surface area contributed by atoms with Crippen molar-refractivity contribution in [2.45, 2.75) is 11.6 Å². The number of aromatic nitrogens is 1. The summed E-state index contributed by atoms with van der Waals surface area (Å²) in [6.45, 7) is 0.0731. The maximum absolute atomic E-state index is 11.8. The molecule has 0 saturated heterocycles. The first-order chi connectivity index (χ1) is 9.63. The molecular formula is C13H13ClN2O3S. The first-order valence-electron chi connectivity index (χ1n) is 5.82. The molecular weight excluding hydrogens is 300 g/mol. The number of hydrogen-bond acceptors (Lipinski definition) is 4. The van der Waals surface area contributed by atoms with E-state index >= 15 is 0 Å². The summed E-state index contributed by atoms with van der Waals surface area (Å²) in [4.78, 5) is 23.9. The highest BCUT2D eigenvalue weighted by Gasteiger charge is 2.09. The number of nitrogens with one attached hydrogen (secondary N) is 1. The van der Waals surface area contributed by atoms with Gasteiger partial charge in [0.25, 0.3) is 0 Å². The van der Waals surface area contributed by atoms with Gasteiger partial charge in [0, 0.05) is 4.90 Å². The van der Waals surface area contributed by atoms with Gasteiger partial charge in [0.2, 0.25) is 5.91 Å². The summed E-state index contributed by atoms with van der Waals surface area (Å²) >= 11 is 6.99. The van der Waals surface area contributed by atoms with Gasteiger partial charge in [0.15, 0.2) is 0 Å². The predicted octanol–water partition coefficient (Wildman–Crippen LogP) is 2.14. The van der Waals surface area contributed by atoms with Gasteiger partial charge in [-0.1, -0.05) is 12.1 Å². The summed E-state index contributed by atoms with van der Waals surface area (Å²) in [5, 5.41) is 2.51. The van der Waals surface area contributed by atoms with E-state index in [1.807, 2.05) is 30.5 Å². The highest BCUT2D eigenvalue weighted by Crippen LogP contribution is 2.20. The van der Waals surface area contributed by atoms with Crippen LogP contribution in [0.5, 0.6) is 0 Å². The highest BCUT2D eigenvalue weighted by atomic mass is 35.5. The van der Waals surface area contributed by atoms with E-state index in [1.54, 1.807) is 18.0 Å². The van der Waals surface area contributed by atoms with Gasteiger partial charge in [-0.25, -0.2) is 4.79 Å². The quantitative estimate of drug-likeness (QED) is 0.678. The molecule has 0 bridgehead atoms. The van der Waals surface area contributed by atoms with Crippen molar-refractivity contribution in [3.05, 3.63) is 40.9 Å². The maximum Gasteiger partial charge on any atom is 0.365 e. The average molecular weight is 313 g/mol. The second-order valence-electron chi connectivity index (χ2n) is 3.96. The maximum atomic E-state index is 11.8. The van der Waals surface area contributed by atoms with Crippen molar-refractivity contribution in [2.75, 3.05) is 12.1 Å². The van der Waals surface area contributed by atoms with Crippen LogP contribution in [0.4, 0.5) is 0 Å². The first kappa shape index (κ1) is 14.7. The highest BCUT2D eigenvalue weighted by molar-refractivity contribution is 7.98. The number of benzene rings is 1. The molecule has 2 rings (SSSR count). The minimum Gasteiger partial charge on any atom is -0.335 e. The fourth-order valence-electron chi connectivity index (χ4n) is 1.63. The molecule has 1 aromatic carbocycles. The zero-order valence-electron chi connectivity index (χ0n) is 10.8. The Labute approximate surface area is 124 Å². The van der Waals surface area contributed by atoms with Gasteiger partial charge in [-0.15, -0.1) is 23.4 Å². The second-order valence-corrected chi connectivity index (χ2v) is 5.11. The van der Waals surface area contributed by atoms with E-state index in [1.165, 1.54) is 4.74 Å². The predicted molar refractivity (Wildman–Crippen MR) is 79.0 cm³/mol. The number of carbonyl (C=O) groups is 1. The van der Waals surface area contributed by atoms with Crippen LogP contribution in [-0.2, 0) is 11.5 Å². The summed E-state index contributed by atoms with van der Waals surface area (Å²) in [5.41, 5.74) is 0.791. The lowest BCUT2D eigenvalue weighted by Crippen LogP contribution is -2.26. The number of carbonyl (C=O) groups excluding carboxylic acids is 1. The van der Waals surface area contributed by atoms with Crippen LogP contribution in [0.1, 0.15) is 0 Å². The Bertz CT molecular complexity index is 648. The molecule has 0 saturated carbocycles. The van der Waals surface area contributed by atoms with E-state index in [2.05, 4.69) is 5.32 Å². The van der Waals surface area contributed by atoms with Crippen LogP contribution >= 0.6 is 23.4 Å². The van der Waals surface area contributed by atoms with Gasteiger partial charge in [-0.2, -0.15) is 4.74 Å². The van der Waals surface area contributed by atoms with Crippen molar-refractivity contribution >= 4 is 29.3 Å². The molecule has 0 unspecified atom stereocenters. The first-order valence-corrected chi connectivity index (χ1v) is 7.58. The summed E-state index contributed by atoms with van der Waals surface area (Å²) in [5.74, 6) is -0.456. The van der Waals surface area contributed by atoms with E-state index in [0.29, 0.717) is 5.56 Å². The van der Waals surface area contributed by atoms with Crippen molar-refractivity contribution in [3.8, 4) is 11.1 Å². The second kappa shape index (κ2) is 6.67. The standard InChI is InChI=1S/C13H13ClN2O3S/c1-20-10-4-2-9(3-5-10)11-7-16(19-13(11)18)8-15-12(17)6-14/h2-5,7H,6,8H2,1H3,(H,15,17). The summed E-state index contributed by atoms with van der Waals surface area (Å²) in [6.07, 6.45) is 3.55. The number of thioether (sulfide) groups is 1. The lowest BCUT2D eigenvalue weighted by atomic mass is 10.1. The number of amides is 1. The zero-order valence-corrected chi connectivity index (χ0v) is 12.3. The summed E-state index contributed by atoms with van der Waals surface area (Å²) in [7, 11) is 0. The average Bonchev–Trinajstić information content (AvgIpc) is 2.86. The largest absolute Gasteiger partial charge is 0.365 e. The van der Waals surface area contributed by atoms with E-state index < -0.39 is 5.63 Å². The molecule has 0 radical (unpaired) electrons. The molecule has 2 aromatic rings. The van der Waals surface area contributed by atoms with Gasteiger partial charge in [-0.3, -0.25) is 4.79 Å².